The smallest absolute Gasteiger partial charge is 0.274 e. The molecule has 1 aromatic carbocycles. The number of halogens is 1. The van der Waals surface area contributed by atoms with Gasteiger partial charge in [-0.25, -0.2) is 4.68 Å². The molecular weight excluding hydrogens is 334 g/mol. The summed E-state index contributed by atoms with van der Waals surface area (Å²) in [6, 6.07) is 9.38. The van der Waals surface area contributed by atoms with Crippen molar-refractivity contribution in [3.8, 4) is 5.69 Å². The molecule has 0 aliphatic heterocycles. The van der Waals surface area contributed by atoms with E-state index in [-0.39, 0.29) is 5.91 Å². The summed E-state index contributed by atoms with van der Waals surface area (Å²) in [5.41, 5.74) is 2.98. The second kappa shape index (κ2) is 5.53. The van der Waals surface area contributed by atoms with E-state index < -0.39 is 0 Å². The van der Waals surface area contributed by atoms with E-state index in [0.717, 1.165) is 11.4 Å². The van der Waals surface area contributed by atoms with E-state index in [0.29, 0.717) is 15.9 Å². The van der Waals surface area contributed by atoms with Gasteiger partial charge in [-0.05, 0) is 53.2 Å². The Morgan fingerprint density at radius 3 is 2.62 bits per heavy atom. The van der Waals surface area contributed by atoms with Gasteiger partial charge < -0.3 is 5.32 Å². The minimum absolute atomic E-state index is 0.248. The molecule has 0 saturated heterocycles. The first-order valence-corrected chi connectivity index (χ1v) is 7.06. The normalized spacial score (nSPS) is 10.6. The largest absolute Gasteiger partial charge is 0.321 e. The molecule has 0 aliphatic rings. The van der Waals surface area contributed by atoms with Crippen LogP contribution in [0.1, 0.15) is 16.2 Å². The fourth-order valence-corrected chi connectivity index (χ4v) is 2.25. The van der Waals surface area contributed by atoms with Crippen molar-refractivity contribution in [3.63, 3.8) is 0 Å². The SMILES string of the molecule is Cc1ccn(-c2ccc(NC(=O)c3[nH]ncc3Br)cc2)n1. The van der Waals surface area contributed by atoms with Crippen LogP contribution in [0.3, 0.4) is 0 Å². The van der Waals surface area contributed by atoms with Crippen molar-refractivity contribution in [2.45, 2.75) is 6.92 Å². The molecule has 0 fully saturated rings. The van der Waals surface area contributed by atoms with Gasteiger partial charge in [0.15, 0.2) is 0 Å². The maximum absolute atomic E-state index is 12.0. The molecule has 6 nitrogen and oxygen atoms in total. The van der Waals surface area contributed by atoms with Crippen molar-refractivity contribution in [3.05, 3.63) is 58.6 Å². The molecule has 3 aromatic rings. The van der Waals surface area contributed by atoms with Crippen molar-refractivity contribution >= 4 is 27.5 Å². The monoisotopic (exact) mass is 345 g/mol. The molecular formula is C14H12BrN5O. The molecule has 0 atom stereocenters. The van der Waals surface area contributed by atoms with Gasteiger partial charge in [0.05, 0.1) is 22.1 Å². The van der Waals surface area contributed by atoms with Crippen LogP contribution in [-0.2, 0) is 0 Å². The Hall–Kier alpha value is -2.41. The first-order valence-electron chi connectivity index (χ1n) is 6.26. The molecule has 0 unspecified atom stereocenters. The molecule has 0 spiro atoms. The Balaban J connectivity index is 1.76. The van der Waals surface area contributed by atoms with Gasteiger partial charge in [-0.2, -0.15) is 10.2 Å². The van der Waals surface area contributed by atoms with Crippen LogP contribution in [0.4, 0.5) is 5.69 Å². The van der Waals surface area contributed by atoms with E-state index in [1.54, 1.807) is 4.68 Å². The highest BCUT2D eigenvalue weighted by atomic mass is 79.9. The van der Waals surface area contributed by atoms with Crippen molar-refractivity contribution in [2.75, 3.05) is 5.32 Å². The van der Waals surface area contributed by atoms with Crippen molar-refractivity contribution in [1.29, 1.82) is 0 Å². The molecule has 106 valence electrons. The summed E-state index contributed by atoms with van der Waals surface area (Å²) in [5, 5.41) is 13.6. The number of hydrogen-bond acceptors (Lipinski definition) is 3. The van der Waals surface area contributed by atoms with Gasteiger partial charge in [-0.1, -0.05) is 0 Å². The molecule has 2 N–H and O–H groups in total. The van der Waals surface area contributed by atoms with Crippen LogP contribution in [0, 0.1) is 6.92 Å². The average Bonchev–Trinajstić information content (AvgIpc) is 3.08. The highest BCUT2D eigenvalue weighted by molar-refractivity contribution is 9.10. The molecule has 2 heterocycles. The minimum atomic E-state index is -0.248. The number of hydrogen-bond donors (Lipinski definition) is 2. The maximum Gasteiger partial charge on any atom is 0.274 e. The molecule has 0 saturated carbocycles. The number of amides is 1. The summed E-state index contributed by atoms with van der Waals surface area (Å²) in [6.07, 6.45) is 3.43. The lowest BCUT2D eigenvalue weighted by molar-refractivity contribution is 0.102. The first-order chi connectivity index (χ1) is 10.1. The lowest BCUT2D eigenvalue weighted by atomic mass is 10.2. The maximum atomic E-state index is 12.0. The van der Waals surface area contributed by atoms with E-state index in [1.165, 1.54) is 6.20 Å². The average molecular weight is 346 g/mol. The van der Waals surface area contributed by atoms with Gasteiger partial charge in [-0.15, -0.1) is 0 Å². The molecule has 7 heteroatoms. The van der Waals surface area contributed by atoms with E-state index in [1.807, 2.05) is 43.5 Å². The van der Waals surface area contributed by atoms with Gasteiger partial charge in [-0.3, -0.25) is 9.89 Å². The highest BCUT2D eigenvalue weighted by Crippen LogP contribution is 2.17. The quantitative estimate of drug-likeness (QED) is 0.766. The Labute approximate surface area is 129 Å². The number of benzene rings is 1. The topological polar surface area (TPSA) is 75.6 Å². The predicted molar refractivity (Wildman–Crippen MR) is 82.5 cm³/mol. The van der Waals surface area contributed by atoms with Crippen LogP contribution in [-0.4, -0.2) is 25.9 Å². The number of aromatic amines is 1. The number of nitrogens with one attached hydrogen (secondary N) is 2. The van der Waals surface area contributed by atoms with Crippen LogP contribution in [0.2, 0.25) is 0 Å². The Bertz CT molecular complexity index is 775. The van der Waals surface area contributed by atoms with E-state index in [9.17, 15) is 4.79 Å². The summed E-state index contributed by atoms with van der Waals surface area (Å²) in [7, 11) is 0. The zero-order valence-corrected chi connectivity index (χ0v) is 12.8. The minimum Gasteiger partial charge on any atom is -0.321 e. The lowest BCUT2D eigenvalue weighted by Crippen LogP contribution is -2.13. The fourth-order valence-electron chi connectivity index (χ4n) is 1.88. The Morgan fingerprint density at radius 1 is 1.29 bits per heavy atom. The summed E-state index contributed by atoms with van der Waals surface area (Å²) in [5.74, 6) is -0.248. The standard InChI is InChI=1S/C14H12BrN5O/c1-9-6-7-20(19-9)11-4-2-10(3-5-11)17-14(21)13-12(15)8-16-18-13/h2-8H,1H3,(H,16,18)(H,17,21). The third-order valence-corrected chi connectivity index (χ3v) is 3.53. The van der Waals surface area contributed by atoms with Gasteiger partial charge >= 0.3 is 0 Å². The fraction of sp³-hybridized carbons (Fsp3) is 0.0714. The van der Waals surface area contributed by atoms with Crippen molar-refractivity contribution in [1.82, 2.24) is 20.0 Å². The van der Waals surface area contributed by atoms with Crippen molar-refractivity contribution < 1.29 is 4.79 Å². The number of anilines is 1. The molecule has 0 aliphatic carbocycles. The summed E-state index contributed by atoms with van der Waals surface area (Å²) in [6.45, 7) is 1.94. The molecule has 0 radical (unpaired) electrons. The predicted octanol–water partition coefficient (Wildman–Crippen LogP) is 2.92. The van der Waals surface area contributed by atoms with Crippen LogP contribution < -0.4 is 5.32 Å². The number of aryl methyl sites for hydroxylation is 1. The van der Waals surface area contributed by atoms with Crippen LogP contribution in [0.25, 0.3) is 5.69 Å². The van der Waals surface area contributed by atoms with E-state index in [2.05, 4.69) is 36.5 Å². The molecule has 3 rings (SSSR count). The molecule has 0 bridgehead atoms. The lowest BCUT2D eigenvalue weighted by Gasteiger charge is -2.06. The van der Waals surface area contributed by atoms with Crippen molar-refractivity contribution in [2.24, 2.45) is 0 Å². The van der Waals surface area contributed by atoms with Crippen LogP contribution >= 0.6 is 15.9 Å². The summed E-state index contributed by atoms with van der Waals surface area (Å²) in [4.78, 5) is 12.0. The Morgan fingerprint density at radius 2 is 2.05 bits per heavy atom. The third-order valence-electron chi connectivity index (χ3n) is 2.93. The van der Waals surface area contributed by atoms with Crippen LogP contribution in [0.5, 0.6) is 0 Å². The molecule has 2 aromatic heterocycles. The first kappa shape index (κ1) is 13.6. The van der Waals surface area contributed by atoms with Gasteiger partial charge in [0.2, 0.25) is 0 Å². The number of aromatic nitrogens is 4. The number of carbonyl (C=O) groups excluding carboxylic acids is 1. The zero-order valence-electron chi connectivity index (χ0n) is 11.2. The van der Waals surface area contributed by atoms with E-state index >= 15 is 0 Å². The van der Waals surface area contributed by atoms with Gasteiger partial charge in [0.1, 0.15) is 5.69 Å². The number of rotatable bonds is 3. The number of carbonyl (C=O) groups is 1. The highest BCUT2D eigenvalue weighted by Gasteiger charge is 2.12. The van der Waals surface area contributed by atoms with Crippen LogP contribution in [0.15, 0.2) is 47.2 Å². The van der Waals surface area contributed by atoms with Gasteiger partial charge in [0, 0.05) is 11.9 Å². The molecule has 1 amide bonds. The summed E-state index contributed by atoms with van der Waals surface area (Å²) >= 11 is 3.26. The Kier molecular flexibility index (Phi) is 3.57. The number of nitrogens with zero attached hydrogens (tertiary/aromatic N) is 3. The van der Waals surface area contributed by atoms with E-state index in [4.69, 9.17) is 0 Å². The summed E-state index contributed by atoms with van der Waals surface area (Å²) < 4.78 is 2.41. The second-order valence-corrected chi connectivity index (χ2v) is 5.35. The number of H-pyrrole nitrogens is 1. The third kappa shape index (κ3) is 2.87. The second-order valence-electron chi connectivity index (χ2n) is 4.50. The molecule has 21 heavy (non-hydrogen) atoms. The van der Waals surface area contributed by atoms with Gasteiger partial charge in [0.25, 0.3) is 5.91 Å². The zero-order chi connectivity index (χ0) is 14.8.